The van der Waals surface area contributed by atoms with Crippen LogP contribution in [0.25, 0.3) is 0 Å². The lowest BCUT2D eigenvalue weighted by molar-refractivity contribution is 0.0491. The van der Waals surface area contributed by atoms with Gasteiger partial charge in [0, 0.05) is 44.3 Å². The summed E-state index contributed by atoms with van der Waals surface area (Å²) in [5, 5.41) is 0. The van der Waals surface area contributed by atoms with Gasteiger partial charge in [0.05, 0.1) is 18.4 Å². The molecule has 2 aromatic rings. The van der Waals surface area contributed by atoms with Crippen molar-refractivity contribution >= 4 is 5.91 Å². The Hall–Kier alpha value is -2.34. The minimum Gasteiger partial charge on any atom is -0.377 e. The van der Waals surface area contributed by atoms with E-state index in [2.05, 4.69) is 15.0 Å². The van der Waals surface area contributed by atoms with Gasteiger partial charge in [0.15, 0.2) is 0 Å². The summed E-state index contributed by atoms with van der Waals surface area (Å²) in [6.45, 7) is 2.33. The van der Waals surface area contributed by atoms with Gasteiger partial charge in [-0.2, -0.15) is 0 Å². The molecule has 0 aromatic carbocycles. The van der Waals surface area contributed by atoms with Crippen molar-refractivity contribution in [2.24, 2.45) is 5.41 Å². The van der Waals surface area contributed by atoms with Gasteiger partial charge >= 0.3 is 0 Å². The molecular formula is C19H22N4O2. The molecule has 2 aliphatic heterocycles. The molecule has 4 heterocycles. The molecule has 2 fully saturated rings. The highest BCUT2D eigenvalue weighted by Crippen LogP contribution is 2.42. The van der Waals surface area contributed by atoms with Crippen molar-refractivity contribution in [3.63, 3.8) is 0 Å². The monoisotopic (exact) mass is 338 g/mol. The zero-order valence-corrected chi connectivity index (χ0v) is 14.2. The van der Waals surface area contributed by atoms with Gasteiger partial charge in [0.1, 0.15) is 5.69 Å². The zero-order valence-electron chi connectivity index (χ0n) is 14.2. The highest BCUT2D eigenvalue weighted by molar-refractivity contribution is 5.92. The number of carbonyl (C=O) groups is 1. The molecule has 0 aliphatic carbocycles. The van der Waals surface area contributed by atoms with Crippen LogP contribution in [0.1, 0.15) is 35.4 Å². The Kier molecular flexibility index (Phi) is 4.44. The first kappa shape index (κ1) is 16.1. The molecule has 0 radical (unpaired) electrons. The van der Waals surface area contributed by atoms with Crippen molar-refractivity contribution in [2.45, 2.75) is 31.8 Å². The van der Waals surface area contributed by atoms with E-state index in [4.69, 9.17) is 4.74 Å². The Morgan fingerprint density at radius 3 is 2.80 bits per heavy atom. The number of hydrogen-bond acceptors (Lipinski definition) is 5. The minimum absolute atomic E-state index is 0.0328. The van der Waals surface area contributed by atoms with Crippen LogP contribution in [0.2, 0.25) is 0 Å². The maximum atomic E-state index is 12.5. The van der Waals surface area contributed by atoms with Crippen molar-refractivity contribution in [3.8, 4) is 0 Å². The molecule has 6 heteroatoms. The van der Waals surface area contributed by atoms with Gasteiger partial charge in [-0.15, -0.1) is 0 Å². The first-order chi connectivity index (χ1) is 12.2. The fraction of sp³-hybridized carbons (Fsp3) is 0.474. The molecule has 0 saturated carbocycles. The summed E-state index contributed by atoms with van der Waals surface area (Å²) in [4.78, 5) is 27.1. The summed E-state index contributed by atoms with van der Waals surface area (Å²) in [7, 11) is 0. The van der Waals surface area contributed by atoms with E-state index >= 15 is 0 Å². The van der Waals surface area contributed by atoms with E-state index in [1.807, 2.05) is 23.2 Å². The van der Waals surface area contributed by atoms with Crippen LogP contribution in [0.5, 0.6) is 0 Å². The van der Waals surface area contributed by atoms with Crippen molar-refractivity contribution < 1.29 is 9.53 Å². The van der Waals surface area contributed by atoms with E-state index < -0.39 is 0 Å². The molecule has 1 unspecified atom stereocenters. The van der Waals surface area contributed by atoms with Crippen LogP contribution in [0, 0.1) is 5.41 Å². The van der Waals surface area contributed by atoms with E-state index in [0.717, 1.165) is 51.1 Å². The van der Waals surface area contributed by atoms with Crippen molar-refractivity contribution in [2.75, 3.05) is 19.7 Å². The predicted molar refractivity (Wildman–Crippen MR) is 91.9 cm³/mol. The van der Waals surface area contributed by atoms with Gasteiger partial charge in [-0.3, -0.25) is 19.7 Å². The van der Waals surface area contributed by atoms with Gasteiger partial charge in [-0.1, -0.05) is 6.07 Å². The zero-order chi connectivity index (χ0) is 17.1. The van der Waals surface area contributed by atoms with Crippen molar-refractivity contribution in [3.05, 3.63) is 54.4 Å². The Bertz CT molecular complexity index is 715. The third kappa shape index (κ3) is 3.54. The molecule has 130 valence electrons. The van der Waals surface area contributed by atoms with Crippen LogP contribution in [0.15, 0.2) is 43.0 Å². The topological polar surface area (TPSA) is 68.2 Å². The fourth-order valence-electron chi connectivity index (χ4n) is 3.88. The van der Waals surface area contributed by atoms with Gasteiger partial charge < -0.3 is 9.64 Å². The molecule has 25 heavy (non-hydrogen) atoms. The normalized spacial score (nSPS) is 22.2. The lowest BCUT2D eigenvalue weighted by atomic mass is 9.76. The summed E-state index contributed by atoms with van der Waals surface area (Å²) >= 11 is 0. The largest absolute Gasteiger partial charge is 0.377 e. The second kappa shape index (κ2) is 6.88. The van der Waals surface area contributed by atoms with E-state index in [-0.39, 0.29) is 17.4 Å². The number of carbonyl (C=O) groups excluding carboxylic acids is 1. The lowest BCUT2D eigenvalue weighted by Crippen LogP contribution is -2.43. The molecule has 2 saturated heterocycles. The number of hydrogen-bond donors (Lipinski definition) is 0. The summed E-state index contributed by atoms with van der Waals surface area (Å²) in [6, 6.07) is 5.46. The predicted octanol–water partition coefficient (Wildman–Crippen LogP) is 2.13. The van der Waals surface area contributed by atoms with Gasteiger partial charge in [-0.05, 0) is 36.8 Å². The molecule has 1 atom stereocenters. The molecule has 6 nitrogen and oxygen atoms in total. The van der Waals surface area contributed by atoms with E-state index in [1.54, 1.807) is 24.7 Å². The summed E-state index contributed by atoms with van der Waals surface area (Å²) in [6.07, 6.45) is 10.9. The molecule has 2 aliphatic rings. The standard InChI is InChI=1S/C19H22N4O2/c24-18(17-3-1-2-6-22-17)23-9-4-19(5-10-23)12-16(25-14-19)11-15-13-20-7-8-21-15/h1-3,6-8,13,16H,4-5,9-12,14H2. The molecule has 0 bridgehead atoms. The second-order valence-corrected chi connectivity index (χ2v) is 7.05. The molecular weight excluding hydrogens is 316 g/mol. The Morgan fingerprint density at radius 1 is 1.20 bits per heavy atom. The Labute approximate surface area is 147 Å². The summed E-state index contributed by atoms with van der Waals surface area (Å²) in [5.41, 5.74) is 1.71. The number of pyridine rings is 1. The van der Waals surface area contributed by atoms with Crippen LogP contribution in [0.4, 0.5) is 0 Å². The van der Waals surface area contributed by atoms with Crippen molar-refractivity contribution in [1.82, 2.24) is 19.9 Å². The number of likely N-dealkylation sites (tertiary alicyclic amines) is 1. The summed E-state index contributed by atoms with van der Waals surface area (Å²) < 4.78 is 6.05. The average Bonchev–Trinajstić information content (AvgIpc) is 3.05. The highest BCUT2D eigenvalue weighted by atomic mass is 16.5. The molecule has 1 amide bonds. The van der Waals surface area contributed by atoms with Gasteiger partial charge in [0.25, 0.3) is 5.91 Å². The first-order valence-electron chi connectivity index (χ1n) is 8.81. The molecule has 0 N–H and O–H groups in total. The second-order valence-electron chi connectivity index (χ2n) is 7.05. The van der Waals surface area contributed by atoms with Crippen LogP contribution in [0.3, 0.4) is 0 Å². The van der Waals surface area contributed by atoms with E-state index in [9.17, 15) is 4.79 Å². The fourth-order valence-corrected chi connectivity index (χ4v) is 3.88. The SMILES string of the molecule is O=C(c1ccccn1)N1CCC2(CC1)COC(Cc1cnccn1)C2. The number of aromatic nitrogens is 3. The quantitative estimate of drug-likeness (QED) is 0.857. The molecule has 4 rings (SSSR count). The smallest absolute Gasteiger partial charge is 0.272 e. The highest BCUT2D eigenvalue weighted by Gasteiger charge is 2.43. The maximum absolute atomic E-state index is 12.5. The number of rotatable bonds is 3. The minimum atomic E-state index is 0.0328. The average molecular weight is 338 g/mol. The van der Waals surface area contributed by atoms with Gasteiger partial charge in [-0.25, -0.2) is 0 Å². The number of piperidine rings is 1. The van der Waals surface area contributed by atoms with Crippen LogP contribution in [-0.2, 0) is 11.2 Å². The first-order valence-corrected chi connectivity index (χ1v) is 8.81. The van der Waals surface area contributed by atoms with E-state index in [1.165, 1.54) is 0 Å². The van der Waals surface area contributed by atoms with Crippen LogP contribution in [-0.4, -0.2) is 51.6 Å². The lowest BCUT2D eigenvalue weighted by Gasteiger charge is -2.38. The number of ether oxygens (including phenoxy) is 1. The van der Waals surface area contributed by atoms with Gasteiger partial charge in [0.2, 0.25) is 0 Å². The van der Waals surface area contributed by atoms with E-state index in [0.29, 0.717) is 5.69 Å². The number of nitrogens with zero attached hydrogens (tertiary/aromatic N) is 4. The molecule has 2 aromatic heterocycles. The van der Waals surface area contributed by atoms with Crippen molar-refractivity contribution in [1.29, 1.82) is 0 Å². The third-order valence-corrected chi connectivity index (χ3v) is 5.33. The van der Waals surface area contributed by atoms with Crippen LogP contribution < -0.4 is 0 Å². The van der Waals surface area contributed by atoms with Crippen LogP contribution >= 0.6 is 0 Å². The Balaban J connectivity index is 1.33. The summed E-state index contributed by atoms with van der Waals surface area (Å²) in [5.74, 6) is 0.0328. The Morgan fingerprint density at radius 2 is 2.08 bits per heavy atom. The number of amides is 1. The molecule has 1 spiro atoms. The third-order valence-electron chi connectivity index (χ3n) is 5.33. The maximum Gasteiger partial charge on any atom is 0.272 e.